The number of nitrogens with one attached hydrogen (secondary N) is 1. The second-order valence-corrected chi connectivity index (χ2v) is 6.60. The number of carbonyl (C=O) groups excluding carboxylic acids is 1. The van der Waals surface area contributed by atoms with E-state index in [0.717, 1.165) is 30.6 Å². The molecule has 1 aliphatic carbocycles. The van der Waals surface area contributed by atoms with Crippen LogP contribution in [0.5, 0.6) is 0 Å². The van der Waals surface area contributed by atoms with Crippen molar-refractivity contribution in [1.29, 1.82) is 0 Å². The first-order valence-corrected chi connectivity index (χ1v) is 8.28. The van der Waals surface area contributed by atoms with Gasteiger partial charge in [0, 0.05) is 13.1 Å². The van der Waals surface area contributed by atoms with Crippen LogP contribution >= 0.6 is 0 Å². The van der Waals surface area contributed by atoms with Gasteiger partial charge in [0.25, 0.3) is 5.56 Å². The van der Waals surface area contributed by atoms with Gasteiger partial charge in [0.1, 0.15) is 0 Å². The Balaban J connectivity index is 1.76. The number of nitrogens with zero attached hydrogens (tertiary/aromatic N) is 2. The second-order valence-electron chi connectivity index (χ2n) is 6.60. The predicted molar refractivity (Wildman–Crippen MR) is 94.0 cm³/mol. The Morgan fingerprint density at radius 2 is 2.00 bits per heavy atom. The van der Waals surface area contributed by atoms with Crippen LogP contribution in [0.1, 0.15) is 31.9 Å². The number of aromatic nitrogens is 2. The molecule has 0 aliphatic heterocycles. The van der Waals surface area contributed by atoms with Crippen LogP contribution in [0.25, 0.3) is 5.69 Å². The van der Waals surface area contributed by atoms with Crippen molar-refractivity contribution in [3.63, 3.8) is 0 Å². The molecule has 1 unspecified atom stereocenters. The van der Waals surface area contributed by atoms with Gasteiger partial charge in [0.2, 0.25) is 5.91 Å². The van der Waals surface area contributed by atoms with E-state index in [0.29, 0.717) is 6.54 Å². The van der Waals surface area contributed by atoms with Crippen molar-refractivity contribution in [3.8, 4) is 5.69 Å². The molecule has 2 aromatic rings. The summed E-state index contributed by atoms with van der Waals surface area (Å²) in [6.45, 7) is 2.35. The normalized spacial score (nSPS) is 20.1. The Labute approximate surface area is 141 Å². The van der Waals surface area contributed by atoms with Gasteiger partial charge in [-0.25, -0.2) is 4.68 Å². The Kier molecular flexibility index (Phi) is 4.42. The van der Waals surface area contributed by atoms with Crippen molar-refractivity contribution in [3.05, 3.63) is 64.6 Å². The van der Waals surface area contributed by atoms with E-state index in [1.807, 2.05) is 44.3 Å². The van der Waals surface area contributed by atoms with Crippen LogP contribution in [0, 0.1) is 5.41 Å². The van der Waals surface area contributed by atoms with Crippen LogP contribution in [-0.2, 0) is 18.4 Å². The van der Waals surface area contributed by atoms with Crippen LogP contribution in [0.3, 0.4) is 0 Å². The molecule has 1 amide bonds. The molecule has 0 saturated heterocycles. The maximum absolute atomic E-state index is 12.5. The number of carbonyl (C=O) groups is 1. The van der Waals surface area contributed by atoms with E-state index in [1.54, 1.807) is 15.4 Å². The van der Waals surface area contributed by atoms with Crippen LogP contribution in [-0.4, -0.2) is 15.3 Å². The zero-order chi connectivity index (χ0) is 17.2. The van der Waals surface area contributed by atoms with E-state index in [1.165, 1.54) is 0 Å². The third kappa shape index (κ3) is 3.07. The lowest BCUT2D eigenvalue weighted by atomic mass is 9.78. The summed E-state index contributed by atoms with van der Waals surface area (Å²) in [6.07, 6.45) is 6.76. The molecule has 3 rings (SSSR count). The minimum absolute atomic E-state index is 0.0479. The summed E-state index contributed by atoms with van der Waals surface area (Å²) in [4.78, 5) is 24.8. The molecule has 1 heterocycles. The van der Waals surface area contributed by atoms with E-state index < -0.39 is 0 Å². The molecule has 0 fully saturated rings. The lowest BCUT2D eigenvalue weighted by Crippen LogP contribution is -2.39. The third-order valence-electron chi connectivity index (χ3n) is 4.79. The quantitative estimate of drug-likeness (QED) is 0.878. The Morgan fingerprint density at radius 1 is 1.25 bits per heavy atom. The number of allylic oxidation sites excluding steroid dienone is 2. The topological polar surface area (TPSA) is 56.0 Å². The fourth-order valence-electron chi connectivity index (χ4n) is 3.16. The predicted octanol–water partition coefficient (Wildman–Crippen LogP) is 2.54. The number of hydrogen-bond donors (Lipinski definition) is 1. The highest BCUT2D eigenvalue weighted by atomic mass is 16.2. The molecule has 0 spiro atoms. The fraction of sp³-hybridized carbons (Fsp3) is 0.368. The molecule has 5 nitrogen and oxygen atoms in total. The van der Waals surface area contributed by atoms with E-state index in [-0.39, 0.29) is 16.9 Å². The van der Waals surface area contributed by atoms with Crippen molar-refractivity contribution in [2.45, 2.75) is 32.7 Å². The van der Waals surface area contributed by atoms with Gasteiger partial charge in [0.15, 0.2) is 0 Å². The van der Waals surface area contributed by atoms with Crippen molar-refractivity contribution in [1.82, 2.24) is 14.7 Å². The third-order valence-corrected chi connectivity index (χ3v) is 4.79. The molecule has 126 valence electrons. The Morgan fingerprint density at radius 3 is 2.67 bits per heavy atom. The standard InChI is InChI=1S/C19H23N3O2/c1-19(11-7-4-8-12-19)18(24)20-14-16-13-17(23)22(21(16)2)15-9-5-3-6-10-15/h3-7,9-10,13H,8,11-12,14H2,1-2H3,(H,20,24). The van der Waals surface area contributed by atoms with E-state index >= 15 is 0 Å². The molecule has 1 atom stereocenters. The van der Waals surface area contributed by atoms with Gasteiger partial charge < -0.3 is 5.32 Å². The molecular weight excluding hydrogens is 302 g/mol. The minimum Gasteiger partial charge on any atom is -0.350 e. The van der Waals surface area contributed by atoms with Gasteiger partial charge in [-0.05, 0) is 31.4 Å². The number of para-hydroxylation sites is 1. The molecule has 0 saturated carbocycles. The van der Waals surface area contributed by atoms with Crippen molar-refractivity contribution in [2.75, 3.05) is 0 Å². The highest BCUT2D eigenvalue weighted by Gasteiger charge is 2.32. The van der Waals surface area contributed by atoms with E-state index in [4.69, 9.17) is 0 Å². The van der Waals surface area contributed by atoms with Crippen LogP contribution in [0.15, 0.2) is 53.3 Å². The van der Waals surface area contributed by atoms with E-state index in [2.05, 4.69) is 17.5 Å². The fourth-order valence-corrected chi connectivity index (χ4v) is 3.16. The lowest BCUT2D eigenvalue weighted by Gasteiger charge is -2.29. The smallest absolute Gasteiger partial charge is 0.271 e. The van der Waals surface area contributed by atoms with Crippen molar-refractivity contribution >= 4 is 5.91 Å². The van der Waals surface area contributed by atoms with Gasteiger partial charge >= 0.3 is 0 Å². The van der Waals surface area contributed by atoms with Crippen LogP contribution in [0.2, 0.25) is 0 Å². The largest absolute Gasteiger partial charge is 0.350 e. The molecule has 1 aromatic heterocycles. The first-order valence-electron chi connectivity index (χ1n) is 8.28. The molecule has 0 bridgehead atoms. The average molecular weight is 325 g/mol. The molecular formula is C19H23N3O2. The summed E-state index contributed by atoms with van der Waals surface area (Å²) in [5.74, 6) is 0.0479. The zero-order valence-electron chi connectivity index (χ0n) is 14.2. The van der Waals surface area contributed by atoms with Crippen molar-refractivity contribution < 1.29 is 4.79 Å². The van der Waals surface area contributed by atoms with Gasteiger partial charge in [-0.2, -0.15) is 0 Å². The summed E-state index contributed by atoms with van der Waals surface area (Å²) in [5.41, 5.74) is 1.15. The van der Waals surface area contributed by atoms with Crippen LogP contribution < -0.4 is 10.9 Å². The molecule has 0 radical (unpaired) electrons. The number of rotatable bonds is 4. The Hall–Kier alpha value is -2.56. The maximum atomic E-state index is 12.5. The molecule has 1 aromatic carbocycles. The van der Waals surface area contributed by atoms with Gasteiger partial charge in [-0.1, -0.05) is 37.3 Å². The Bertz CT molecular complexity index is 817. The highest BCUT2D eigenvalue weighted by molar-refractivity contribution is 5.82. The molecule has 1 aliphatic rings. The first-order chi connectivity index (χ1) is 11.5. The minimum atomic E-state index is -0.352. The first kappa shape index (κ1) is 16.3. The van der Waals surface area contributed by atoms with Crippen molar-refractivity contribution in [2.24, 2.45) is 12.5 Å². The number of amides is 1. The number of hydrogen-bond acceptors (Lipinski definition) is 2. The zero-order valence-corrected chi connectivity index (χ0v) is 14.2. The summed E-state index contributed by atoms with van der Waals surface area (Å²) in [7, 11) is 1.83. The SMILES string of the molecule is Cn1c(CNC(=O)C2(C)CC=CCC2)cc(=O)n1-c1ccccc1. The van der Waals surface area contributed by atoms with Gasteiger partial charge in [0.05, 0.1) is 23.3 Å². The van der Waals surface area contributed by atoms with Crippen LogP contribution in [0.4, 0.5) is 0 Å². The second kappa shape index (κ2) is 6.51. The summed E-state index contributed by atoms with van der Waals surface area (Å²) in [6, 6.07) is 11.1. The molecule has 1 N–H and O–H groups in total. The van der Waals surface area contributed by atoms with E-state index in [9.17, 15) is 9.59 Å². The molecule has 24 heavy (non-hydrogen) atoms. The average Bonchev–Trinajstić information content (AvgIpc) is 2.88. The molecule has 5 heteroatoms. The summed E-state index contributed by atoms with van der Waals surface area (Å²) < 4.78 is 3.40. The lowest BCUT2D eigenvalue weighted by molar-refractivity contribution is -0.130. The highest BCUT2D eigenvalue weighted by Crippen LogP contribution is 2.32. The van der Waals surface area contributed by atoms with Gasteiger partial charge in [-0.15, -0.1) is 0 Å². The maximum Gasteiger partial charge on any atom is 0.271 e. The summed E-state index contributed by atoms with van der Waals surface area (Å²) >= 11 is 0. The monoisotopic (exact) mass is 325 g/mol. The number of benzene rings is 1. The summed E-state index contributed by atoms with van der Waals surface area (Å²) in [5, 5.41) is 3.00. The van der Waals surface area contributed by atoms with Gasteiger partial charge in [-0.3, -0.25) is 14.3 Å².